The van der Waals surface area contributed by atoms with Crippen LogP contribution in [0.25, 0.3) is 11.3 Å². The summed E-state index contributed by atoms with van der Waals surface area (Å²) in [6.45, 7) is 3.89. The minimum Gasteiger partial charge on any atom is -0.507 e. The Kier molecular flexibility index (Phi) is 7.56. The summed E-state index contributed by atoms with van der Waals surface area (Å²) in [5.74, 6) is -0.739. The molecule has 1 atom stereocenters. The third kappa shape index (κ3) is 5.95. The van der Waals surface area contributed by atoms with Gasteiger partial charge in [-0.25, -0.2) is 4.79 Å². The average Bonchev–Trinajstić information content (AvgIpc) is 3.54. The zero-order chi connectivity index (χ0) is 26.7. The number of hydrogen-bond acceptors (Lipinski definition) is 4. The number of nitrogens with one attached hydrogen (secondary N) is 2. The van der Waals surface area contributed by atoms with Gasteiger partial charge >= 0.3 is 12.2 Å². The molecule has 1 aliphatic carbocycles. The highest BCUT2D eigenvalue weighted by atomic mass is 19.4. The Bertz CT molecular complexity index is 1300. The molecule has 1 heterocycles. The van der Waals surface area contributed by atoms with E-state index in [4.69, 9.17) is 0 Å². The number of phenolic OH excluding ortho intramolecular Hbond substituents is 1. The SMILES string of the molecule is CCC(C)NC(=O)n1nc(-c2ccc(NC(=O)c3cccc(C(F)(F)F)c3)cc2O)cc1C1CCCC1. The van der Waals surface area contributed by atoms with E-state index >= 15 is 0 Å². The van der Waals surface area contributed by atoms with Gasteiger partial charge in [-0.05, 0) is 62.6 Å². The molecule has 3 N–H and O–H groups in total. The smallest absolute Gasteiger partial charge is 0.416 e. The van der Waals surface area contributed by atoms with Crippen LogP contribution in [-0.2, 0) is 6.18 Å². The van der Waals surface area contributed by atoms with Crippen LogP contribution >= 0.6 is 0 Å². The molecule has 0 spiro atoms. The number of anilines is 1. The largest absolute Gasteiger partial charge is 0.507 e. The Morgan fingerprint density at radius 3 is 2.51 bits per heavy atom. The van der Waals surface area contributed by atoms with E-state index in [1.807, 2.05) is 19.9 Å². The number of nitrogens with zero attached hydrogens (tertiary/aromatic N) is 2. The maximum absolute atomic E-state index is 13.0. The summed E-state index contributed by atoms with van der Waals surface area (Å²) in [5.41, 5.74) is 0.680. The lowest BCUT2D eigenvalue weighted by Crippen LogP contribution is -2.37. The minimum absolute atomic E-state index is 0.0234. The van der Waals surface area contributed by atoms with Crippen LogP contribution < -0.4 is 10.6 Å². The van der Waals surface area contributed by atoms with Gasteiger partial charge in [0.15, 0.2) is 0 Å². The van der Waals surface area contributed by atoms with Gasteiger partial charge in [0.1, 0.15) is 5.75 Å². The zero-order valence-corrected chi connectivity index (χ0v) is 20.6. The Morgan fingerprint density at radius 2 is 1.86 bits per heavy atom. The summed E-state index contributed by atoms with van der Waals surface area (Å²) in [5, 5.41) is 20.6. The van der Waals surface area contributed by atoms with Crippen LogP contribution in [0, 0.1) is 0 Å². The topological polar surface area (TPSA) is 96.3 Å². The number of aromatic hydroxyl groups is 1. The van der Waals surface area contributed by atoms with E-state index in [9.17, 15) is 27.9 Å². The predicted octanol–water partition coefficient (Wildman–Crippen LogP) is 6.54. The molecule has 37 heavy (non-hydrogen) atoms. The molecular weight excluding hydrogens is 485 g/mol. The number of phenols is 1. The van der Waals surface area contributed by atoms with Crippen LogP contribution in [0.1, 0.15) is 73.5 Å². The lowest BCUT2D eigenvalue weighted by Gasteiger charge is -2.15. The molecule has 2 aromatic carbocycles. The number of benzene rings is 2. The number of rotatable bonds is 6. The number of halogens is 3. The first-order valence-corrected chi connectivity index (χ1v) is 12.3. The summed E-state index contributed by atoms with van der Waals surface area (Å²) < 4.78 is 40.3. The predicted molar refractivity (Wildman–Crippen MR) is 134 cm³/mol. The molecule has 10 heteroatoms. The van der Waals surface area contributed by atoms with Gasteiger partial charge < -0.3 is 15.7 Å². The third-order valence-electron chi connectivity index (χ3n) is 6.67. The van der Waals surface area contributed by atoms with Crippen LogP contribution in [0.4, 0.5) is 23.7 Å². The summed E-state index contributed by atoms with van der Waals surface area (Å²) in [6.07, 6.45) is 0.255. The van der Waals surface area contributed by atoms with Crippen molar-refractivity contribution in [2.75, 3.05) is 5.32 Å². The van der Waals surface area contributed by atoms with Crippen LogP contribution in [-0.4, -0.2) is 32.9 Å². The first-order valence-electron chi connectivity index (χ1n) is 12.3. The van der Waals surface area contributed by atoms with Gasteiger partial charge in [0, 0.05) is 34.8 Å². The quantitative estimate of drug-likeness (QED) is 0.348. The molecule has 3 aromatic rings. The number of alkyl halides is 3. The Balaban J connectivity index is 1.58. The van der Waals surface area contributed by atoms with Gasteiger partial charge in [0.2, 0.25) is 0 Å². The maximum Gasteiger partial charge on any atom is 0.416 e. The van der Waals surface area contributed by atoms with E-state index in [0.717, 1.165) is 56.0 Å². The molecular formula is C27H29F3N4O3. The van der Waals surface area contributed by atoms with Gasteiger partial charge in [-0.2, -0.15) is 23.0 Å². The van der Waals surface area contributed by atoms with Crippen LogP contribution in [0.15, 0.2) is 48.5 Å². The van der Waals surface area contributed by atoms with Crippen molar-refractivity contribution < 1.29 is 27.9 Å². The zero-order valence-electron chi connectivity index (χ0n) is 20.6. The number of carbonyl (C=O) groups excluding carboxylic acids is 2. The van der Waals surface area contributed by atoms with E-state index in [0.29, 0.717) is 11.3 Å². The van der Waals surface area contributed by atoms with Crippen molar-refractivity contribution in [2.45, 2.75) is 64.1 Å². The molecule has 1 aromatic heterocycles. The van der Waals surface area contributed by atoms with Gasteiger partial charge in [0.25, 0.3) is 5.91 Å². The summed E-state index contributed by atoms with van der Waals surface area (Å²) in [7, 11) is 0. The maximum atomic E-state index is 13.0. The van der Waals surface area contributed by atoms with Crippen molar-refractivity contribution in [3.8, 4) is 17.0 Å². The molecule has 0 bridgehead atoms. The number of aromatic nitrogens is 2. The second kappa shape index (κ2) is 10.7. The van der Waals surface area contributed by atoms with Crippen molar-refractivity contribution in [3.05, 3.63) is 65.4 Å². The second-order valence-corrected chi connectivity index (χ2v) is 9.37. The molecule has 196 valence electrons. The fourth-order valence-electron chi connectivity index (χ4n) is 4.44. The van der Waals surface area contributed by atoms with Crippen molar-refractivity contribution in [1.82, 2.24) is 15.1 Å². The van der Waals surface area contributed by atoms with Crippen molar-refractivity contribution >= 4 is 17.6 Å². The van der Waals surface area contributed by atoms with Gasteiger partial charge in [-0.15, -0.1) is 0 Å². The summed E-state index contributed by atoms with van der Waals surface area (Å²) >= 11 is 0. The molecule has 1 saturated carbocycles. The molecule has 0 aliphatic heterocycles. The van der Waals surface area contributed by atoms with Gasteiger partial charge in [-0.3, -0.25) is 4.79 Å². The van der Waals surface area contributed by atoms with Gasteiger partial charge in [-0.1, -0.05) is 25.8 Å². The van der Waals surface area contributed by atoms with Crippen molar-refractivity contribution in [3.63, 3.8) is 0 Å². The third-order valence-corrected chi connectivity index (χ3v) is 6.67. The second-order valence-electron chi connectivity index (χ2n) is 9.37. The molecule has 0 saturated heterocycles. The minimum atomic E-state index is -4.57. The highest BCUT2D eigenvalue weighted by Gasteiger charge is 2.31. The molecule has 1 fully saturated rings. The van der Waals surface area contributed by atoms with E-state index < -0.39 is 17.6 Å². The normalized spacial score (nSPS) is 14.9. The molecule has 4 rings (SSSR count). The average molecular weight is 515 g/mol. The van der Waals surface area contributed by atoms with Crippen molar-refractivity contribution in [1.29, 1.82) is 0 Å². The van der Waals surface area contributed by atoms with Crippen LogP contribution in [0.2, 0.25) is 0 Å². The molecule has 2 amide bonds. The Hall–Kier alpha value is -3.82. The van der Waals surface area contributed by atoms with Crippen molar-refractivity contribution in [2.24, 2.45) is 0 Å². The Morgan fingerprint density at radius 1 is 1.14 bits per heavy atom. The monoisotopic (exact) mass is 514 g/mol. The summed E-state index contributed by atoms with van der Waals surface area (Å²) in [6, 6.07) is 9.93. The summed E-state index contributed by atoms with van der Waals surface area (Å²) in [4.78, 5) is 25.4. The highest BCUT2D eigenvalue weighted by Crippen LogP contribution is 2.38. The number of amides is 2. The first-order chi connectivity index (χ1) is 17.6. The molecule has 0 radical (unpaired) electrons. The van der Waals surface area contributed by atoms with E-state index in [1.54, 1.807) is 6.07 Å². The fourth-order valence-corrected chi connectivity index (χ4v) is 4.44. The van der Waals surface area contributed by atoms with Crippen LogP contribution in [0.5, 0.6) is 5.75 Å². The first kappa shape index (κ1) is 26.2. The number of hydrogen-bond donors (Lipinski definition) is 3. The van der Waals surface area contributed by atoms with E-state index in [-0.39, 0.29) is 35.0 Å². The number of carbonyl (C=O) groups is 2. The van der Waals surface area contributed by atoms with Gasteiger partial charge in [0.05, 0.1) is 17.0 Å². The lowest BCUT2D eigenvalue weighted by atomic mass is 10.0. The van der Waals surface area contributed by atoms with Crippen LogP contribution in [0.3, 0.4) is 0 Å². The lowest BCUT2D eigenvalue weighted by molar-refractivity contribution is -0.137. The molecule has 1 aliphatic rings. The molecule has 7 nitrogen and oxygen atoms in total. The Labute approximate surface area is 212 Å². The molecule has 1 unspecified atom stereocenters. The fraction of sp³-hybridized carbons (Fsp3) is 0.370. The standard InChI is InChI=1S/C27H29F3N4O3/c1-3-16(2)31-26(37)34-23(17-7-4-5-8-17)15-22(33-34)21-12-11-20(14-24(21)35)32-25(36)18-9-6-10-19(13-18)27(28,29)30/h6,9-17,35H,3-5,7-8H2,1-2H3,(H,31,37)(H,32,36). The van der Waals surface area contributed by atoms with E-state index in [2.05, 4.69) is 15.7 Å². The van der Waals surface area contributed by atoms with E-state index in [1.165, 1.54) is 22.9 Å². The highest BCUT2D eigenvalue weighted by molar-refractivity contribution is 6.04.